The highest BCUT2D eigenvalue weighted by Gasteiger charge is 2.25. The van der Waals surface area contributed by atoms with Crippen LogP contribution in [0.5, 0.6) is 5.75 Å². The molecule has 1 unspecified atom stereocenters. The van der Waals surface area contributed by atoms with Crippen LogP contribution in [-0.2, 0) is 4.79 Å². The Morgan fingerprint density at radius 2 is 2.24 bits per heavy atom. The number of rotatable bonds is 5. The van der Waals surface area contributed by atoms with Crippen molar-refractivity contribution in [3.05, 3.63) is 28.2 Å². The lowest BCUT2D eigenvalue weighted by Crippen LogP contribution is -2.34. The normalized spacial score (nSPS) is 17.5. The summed E-state index contributed by atoms with van der Waals surface area (Å²) in [4.78, 5) is 13.9. The van der Waals surface area contributed by atoms with E-state index < -0.39 is 0 Å². The van der Waals surface area contributed by atoms with Crippen molar-refractivity contribution in [1.29, 1.82) is 0 Å². The second-order valence-corrected chi connectivity index (χ2v) is 5.76. The van der Waals surface area contributed by atoms with Gasteiger partial charge in [0.25, 0.3) is 5.91 Å². The fourth-order valence-corrected chi connectivity index (χ4v) is 2.67. The Balaban J connectivity index is 0.00000220. The van der Waals surface area contributed by atoms with Gasteiger partial charge in [0.05, 0.1) is 5.02 Å². The SMILES string of the molecule is CNCC1CCN(C(=O)COc2cc(Cl)ccc2Cl)C1.Cl. The number of amides is 1. The molecular weight excluding hydrogens is 335 g/mol. The minimum Gasteiger partial charge on any atom is -0.482 e. The Labute approximate surface area is 141 Å². The van der Waals surface area contributed by atoms with Gasteiger partial charge in [0.1, 0.15) is 5.75 Å². The number of nitrogens with zero attached hydrogens (tertiary/aromatic N) is 1. The van der Waals surface area contributed by atoms with Gasteiger partial charge in [-0.25, -0.2) is 0 Å². The van der Waals surface area contributed by atoms with E-state index in [-0.39, 0.29) is 24.9 Å². The number of carbonyl (C=O) groups excluding carboxylic acids is 1. The molecule has 1 fully saturated rings. The lowest BCUT2D eigenvalue weighted by atomic mass is 10.1. The van der Waals surface area contributed by atoms with Crippen LogP contribution in [-0.4, -0.2) is 44.1 Å². The van der Waals surface area contributed by atoms with Crippen molar-refractivity contribution in [3.8, 4) is 5.75 Å². The Hall–Kier alpha value is -0.680. The lowest BCUT2D eigenvalue weighted by Gasteiger charge is -2.17. The summed E-state index contributed by atoms with van der Waals surface area (Å²) in [6.45, 7) is 2.50. The first-order valence-electron chi connectivity index (χ1n) is 6.60. The van der Waals surface area contributed by atoms with Crippen LogP contribution in [0.2, 0.25) is 10.0 Å². The number of halogens is 3. The van der Waals surface area contributed by atoms with Crippen LogP contribution in [0, 0.1) is 5.92 Å². The van der Waals surface area contributed by atoms with Crippen molar-refractivity contribution in [1.82, 2.24) is 10.2 Å². The second-order valence-electron chi connectivity index (χ2n) is 4.92. The van der Waals surface area contributed by atoms with Gasteiger partial charge in [-0.1, -0.05) is 23.2 Å². The molecule has 0 spiro atoms. The molecule has 118 valence electrons. The molecule has 0 saturated carbocycles. The predicted octanol–water partition coefficient (Wildman–Crippen LogP) is 2.86. The number of hydrogen-bond donors (Lipinski definition) is 1. The van der Waals surface area contributed by atoms with Gasteiger partial charge in [-0.2, -0.15) is 0 Å². The molecule has 1 aliphatic rings. The molecule has 1 aliphatic heterocycles. The molecule has 0 radical (unpaired) electrons. The van der Waals surface area contributed by atoms with Crippen LogP contribution in [0.4, 0.5) is 0 Å². The van der Waals surface area contributed by atoms with E-state index in [1.165, 1.54) is 0 Å². The van der Waals surface area contributed by atoms with Crippen molar-refractivity contribution in [2.75, 3.05) is 33.3 Å². The topological polar surface area (TPSA) is 41.6 Å². The molecule has 0 aromatic heterocycles. The third-order valence-electron chi connectivity index (χ3n) is 3.38. The Morgan fingerprint density at radius 3 is 2.95 bits per heavy atom. The van der Waals surface area contributed by atoms with Gasteiger partial charge in [0.2, 0.25) is 0 Å². The summed E-state index contributed by atoms with van der Waals surface area (Å²) < 4.78 is 5.46. The lowest BCUT2D eigenvalue weighted by molar-refractivity contribution is -0.132. The van der Waals surface area contributed by atoms with Crippen molar-refractivity contribution in [2.45, 2.75) is 6.42 Å². The standard InChI is InChI=1S/C14H18Cl2N2O2.ClH/c1-17-7-10-4-5-18(8-10)14(19)9-20-13-6-11(15)2-3-12(13)16;/h2-3,6,10,17H,4-5,7-9H2,1H3;1H. The maximum absolute atomic E-state index is 12.1. The maximum Gasteiger partial charge on any atom is 0.260 e. The van der Waals surface area contributed by atoms with Gasteiger partial charge >= 0.3 is 0 Å². The second kappa shape index (κ2) is 8.69. The number of likely N-dealkylation sites (tertiary alicyclic amines) is 1. The molecular formula is C14H19Cl3N2O2. The Kier molecular flexibility index (Phi) is 7.60. The fraction of sp³-hybridized carbons (Fsp3) is 0.500. The number of hydrogen-bond acceptors (Lipinski definition) is 3. The molecule has 1 aromatic rings. The quantitative estimate of drug-likeness (QED) is 0.885. The van der Waals surface area contributed by atoms with Crippen molar-refractivity contribution in [3.63, 3.8) is 0 Å². The average molecular weight is 354 g/mol. The van der Waals surface area contributed by atoms with Crippen LogP contribution < -0.4 is 10.1 Å². The van der Waals surface area contributed by atoms with E-state index in [0.717, 1.165) is 26.1 Å². The molecule has 21 heavy (non-hydrogen) atoms. The highest BCUT2D eigenvalue weighted by molar-refractivity contribution is 6.34. The summed E-state index contributed by atoms with van der Waals surface area (Å²) in [6.07, 6.45) is 1.03. The molecule has 0 bridgehead atoms. The smallest absolute Gasteiger partial charge is 0.260 e. The summed E-state index contributed by atoms with van der Waals surface area (Å²) in [7, 11) is 1.93. The first kappa shape index (κ1) is 18.4. The minimum atomic E-state index is -0.0142. The molecule has 7 heteroatoms. The zero-order valence-electron chi connectivity index (χ0n) is 11.8. The van der Waals surface area contributed by atoms with Gasteiger partial charge in [-0.05, 0) is 38.1 Å². The van der Waals surface area contributed by atoms with Crippen LogP contribution in [0.1, 0.15) is 6.42 Å². The third kappa shape index (κ3) is 5.22. The van der Waals surface area contributed by atoms with Gasteiger partial charge in [-0.15, -0.1) is 12.4 Å². The third-order valence-corrected chi connectivity index (χ3v) is 3.92. The van der Waals surface area contributed by atoms with Gasteiger partial charge < -0.3 is 15.0 Å². The van der Waals surface area contributed by atoms with E-state index in [1.54, 1.807) is 18.2 Å². The monoisotopic (exact) mass is 352 g/mol. The highest BCUT2D eigenvalue weighted by Crippen LogP contribution is 2.27. The molecule has 1 N–H and O–H groups in total. The van der Waals surface area contributed by atoms with Gasteiger partial charge in [-0.3, -0.25) is 4.79 Å². The van der Waals surface area contributed by atoms with E-state index >= 15 is 0 Å². The first-order valence-corrected chi connectivity index (χ1v) is 7.36. The molecule has 1 aromatic carbocycles. The fourth-order valence-electron chi connectivity index (χ4n) is 2.33. The number of benzene rings is 1. The van der Waals surface area contributed by atoms with Gasteiger partial charge in [0, 0.05) is 24.2 Å². The van der Waals surface area contributed by atoms with Crippen molar-refractivity contribution < 1.29 is 9.53 Å². The predicted molar refractivity (Wildman–Crippen MR) is 87.8 cm³/mol. The molecule has 1 heterocycles. The van der Waals surface area contributed by atoms with Crippen LogP contribution >= 0.6 is 35.6 Å². The first-order chi connectivity index (χ1) is 9.60. The Morgan fingerprint density at radius 1 is 1.48 bits per heavy atom. The van der Waals surface area contributed by atoms with Crippen LogP contribution in [0.25, 0.3) is 0 Å². The summed E-state index contributed by atoms with van der Waals surface area (Å²) in [5, 5.41) is 4.13. The van der Waals surface area contributed by atoms with E-state index in [9.17, 15) is 4.79 Å². The van der Waals surface area contributed by atoms with Crippen LogP contribution in [0.15, 0.2) is 18.2 Å². The zero-order valence-corrected chi connectivity index (χ0v) is 14.1. The molecule has 0 aliphatic carbocycles. The maximum atomic E-state index is 12.1. The largest absolute Gasteiger partial charge is 0.482 e. The summed E-state index contributed by atoms with van der Waals surface area (Å²) in [5.41, 5.74) is 0. The number of ether oxygens (including phenoxy) is 1. The Bertz CT molecular complexity index is 485. The van der Waals surface area contributed by atoms with E-state index in [1.807, 2.05) is 11.9 Å². The van der Waals surface area contributed by atoms with Crippen molar-refractivity contribution in [2.24, 2.45) is 5.92 Å². The average Bonchev–Trinajstić information content (AvgIpc) is 2.88. The zero-order chi connectivity index (χ0) is 14.5. The van der Waals surface area contributed by atoms with E-state index in [4.69, 9.17) is 27.9 Å². The van der Waals surface area contributed by atoms with Gasteiger partial charge in [0.15, 0.2) is 6.61 Å². The number of carbonyl (C=O) groups is 1. The molecule has 4 nitrogen and oxygen atoms in total. The summed E-state index contributed by atoms with van der Waals surface area (Å²) in [6, 6.07) is 4.95. The molecule has 1 saturated heterocycles. The van der Waals surface area contributed by atoms with E-state index in [2.05, 4.69) is 5.32 Å². The van der Waals surface area contributed by atoms with E-state index in [0.29, 0.717) is 21.7 Å². The molecule has 1 amide bonds. The summed E-state index contributed by atoms with van der Waals surface area (Å²) in [5.74, 6) is 0.955. The minimum absolute atomic E-state index is 0. The van der Waals surface area contributed by atoms with Crippen molar-refractivity contribution >= 4 is 41.5 Å². The number of nitrogens with one attached hydrogen (secondary N) is 1. The molecule has 2 rings (SSSR count). The molecule has 1 atom stereocenters. The van der Waals surface area contributed by atoms with Crippen LogP contribution in [0.3, 0.4) is 0 Å². The summed E-state index contributed by atoms with van der Waals surface area (Å²) >= 11 is 11.9. The highest BCUT2D eigenvalue weighted by atomic mass is 35.5.